The van der Waals surface area contributed by atoms with Gasteiger partial charge in [0.2, 0.25) is 0 Å². The summed E-state index contributed by atoms with van der Waals surface area (Å²) >= 11 is 0. The number of piperidine rings is 1. The standard InChI is InChI=1S/C10H18N2O2/c1-2-11-6-3-10(4-7-11)5-8-12(14)9(10)13/h14H,2-8H2,1H3. The molecule has 0 atom stereocenters. The van der Waals surface area contributed by atoms with Crippen LogP contribution >= 0.6 is 0 Å². The molecule has 0 aromatic heterocycles. The average molecular weight is 198 g/mol. The van der Waals surface area contributed by atoms with Gasteiger partial charge in [-0.15, -0.1) is 0 Å². The third-order valence-electron chi connectivity index (χ3n) is 3.75. The van der Waals surface area contributed by atoms with Gasteiger partial charge in [-0.2, -0.15) is 0 Å². The summed E-state index contributed by atoms with van der Waals surface area (Å²) in [6, 6.07) is 0. The van der Waals surface area contributed by atoms with Crippen molar-refractivity contribution in [2.24, 2.45) is 5.41 Å². The monoisotopic (exact) mass is 198 g/mol. The van der Waals surface area contributed by atoms with Crippen molar-refractivity contribution in [3.8, 4) is 0 Å². The van der Waals surface area contributed by atoms with E-state index in [9.17, 15) is 10.0 Å². The quantitative estimate of drug-likeness (QED) is 0.631. The number of hydroxylamine groups is 2. The molecule has 80 valence electrons. The molecule has 0 aromatic rings. The van der Waals surface area contributed by atoms with Gasteiger partial charge in [-0.25, -0.2) is 5.06 Å². The van der Waals surface area contributed by atoms with Crippen LogP contribution in [0.4, 0.5) is 0 Å². The lowest BCUT2D eigenvalue weighted by Crippen LogP contribution is -2.44. The molecule has 1 N–H and O–H groups in total. The first-order chi connectivity index (χ1) is 6.68. The van der Waals surface area contributed by atoms with Crippen LogP contribution in [-0.2, 0) is 4.79 Å². The maximum absolute atomic E-state index is 11.7. The Hall–Kier alpha value is -0.610. The number of hydrogen-bond donors (Lipinski definition) is 1. The molecule has 2 rings (SSSR count). The van der Waals surface area contributed by atoms with Crippen molar-refractivity contribution in [2.45, 2.75) is 26.2 Å². The van der Waals surface area contributed by atoms with Gasteiger partial charge in [-0.3, -0.25) is 10.0 Å². The molecule has 0 aliphatic carbocycles. The van der Waals surface area contributed by atoms with Gasteiger partial charge < -0.3 is 4.90 Å². The minimum Gasteiger partial charge on any atom is -0.304 e. The Morgan fingerprint density at radius 2 is 1.86 bits per heavy atom. The van der Waals surface area contributed by atoms with E-state index in [1.807, 2.05) is 0 Å². The molecule has 2 aliphatic heterocycles. The van der Waals surface area contributed by atoms with Gasteiger partial charge in [0.25, 0.3) is 5.91 Å². The first-order valence-corrected chi connectivity index (χ1v) is 5.41. The van der Waals surface area contributed by atoms with Crippen LogP contribution in [0.2, 0.25) is 0 Å². The van der Waals surface area contributed by atoms with E-state index < -0.39 is 0 Å². The van der Waals surface area contributed by atoms with Crippen molar-refractivity contribution in [3.05, 3.63) is 0 Å². The van der Waals surface area contributed by atoms with Crippen molar-refractivity contribution in [2.75, 3.05) is 26.2 Å². The van der Waals surface area contributed by atoms with Crippen LogP contribution in [0.25, 0.3) is 0 Å². The molecular formula is C10H18N2O2. The molecule has 0 aromatic carbocycles. The highest BCUT2D eigenvalue weighted by molar-refractivity contribution is 5.83. The second kappa shape index (κ2) is 3.51. The van der Waals surface area contributed by atoms with Crippen LogP contribution in [0.3, 0.4) is 0 Å². The molecule has 0 saturated carbocycles. The normalized spacial score (nSPS) is 27.6. The molecule has 1 amide bonds. The highest BCUT2D eigenvalue weighted by atomic mass is 16.5. The predicted octanol–water partition coefficient (Wildman–Crippen LogP) is 0.710. The molecular weight excluding hydrogens is 180 g/mol. The number of amides is 1. The number of hydrogen-bond acceptors (Lipinski definition) is 3. The van der Waals surface area contributed by atoms with E-state index >= 15 is 0 Å². The summed E-state index contributed by atoms with van der Waals surface area (Å²) < 4.78 is 0. The first-order valence-electron chi connectivity index (χ1n) is 5.41. The molecule has 14 heavy (non-hydrogen) atoms. The third-order valence-corrected chi connectivity index (χ3v) is 3.75. The van der Waals surface area contributed by atoms with Crippen molar-refractivity contribution in [1.82, 2.24) is 9.96 Å². The molecule has 2 aliphatic rings. The van der Waals surface area contributed by atoms with Gasteiger partial charge in [0.1, 0.15) is 0 Å². The number of likely N-dealkylation sites (tertiary alicyclic amines) is 1. The largest absolute Gasteiger partial charge is 0.304 e. The summed E-state index contributed by atoms with van der Waals surface area (Å²) in [5.41, 5.74) is -0.222. The van der Waals surface area contributed by atoms with Gasteiger partial charge >= 0.3 is 0 Å². The molecule has 0 radical (unpaired) electrons. The molecule has 2 heterocycles. The molecule has 0 unspecified atom stereocenters. The van der Waals surface area contributed by atoms with Gasteiger partial charge in [0, 0.05) is 6.54 Å². The average Bonchev–Trinajstić information content (AvgIpc) is 2.49. The second-order valence-electron chi connectivity index (χ2n) is 4.39. The van der Waals surface area contributed by atoms with Gasteiger partial charge in [-0.1, -0.05) is 6.92 Å². The molecule has 4 heteroatoms. The number of carbonyl (C=O) groups excluding carboxylic acids is 1. The Bertz CT molecular complexity index is 234. The SMILES string of the molecule is CCN1CCC2(CC1)CCN(O)C2=O. The molecule has 2 fully saturated rings. The fourth-order valence-electron chi connectivity index (χ4n) is 2.56. The third kappa shape index (κ3) is 1.42. The second-order valence-corrected chi connectivity index (χ2v) is 4.39. The van der Waals surface area contributed by atoms with Gasteiger partial charge in [0.05, 0.1) is 5.41 Å². The summed E-state index contributed by atoms with van der Waals surface area (Å²) in [7, 11) is 0. The summed E-state index contributed by atoms with van der Waals surface area (Å²) in [5.74, 6) is -0.0479. The highest BCUT2D eigenvalue weighted by Gasteiger charge is 2.47. The Labute approximate surface area is 84.4 Å². The van der Waals surface area contributed by atoms with Crippen LogP contribution in [-0.4, -0.2) is 47.3 Å². The predicted molar refractivity (Wildman–Crippen MR) is 51.9 cm³/mol. The molecule has 2 saturated heterocycles. The van der Waals surface area contributed by atoms with E-state index in [-0.39, 0.29) is 11.3 Å². The number of nitrogens with zero attached hydrogens (tertiary/aromatic N) is 2. The van der Waals surface area contributed by atoms with E-state index in [1.54, 1.807) is 0 Å². The van der Waals surface area contributed by atoms with E-state index in [2.05, 4.69) is 11.8 Å². The van der Waals surface area contributed by atoms with Crippen LogP contribution in [0.1, 0.15) is 26.2 Å². The Kier molecular flexibility index (Phi) is 2.49. The van der Waals surface area contributed by atoms with Crippen LogP contribution in [0.5, 0.6) is 0 Å². The lowest BCUT2D eigenvalue weighted by Gasteiger charge is -2.36. The summed E-state index contributed by atoms with van der Waals surface area (Å²) in [6.07, 6.45) is 2.66. The topological polar surface area (TPSA) is 43.8 Å². The van der Waals surface area contributed by atoms with Crippen molar-refractivity contribution < 1.29 is 10.0 Å². The Morgan fingerprint density at radius 1 is 1.29 bits per heavy atom. The zero-order valence-corrected chi connectivity index (χ0v) is 8.70. The van der Waals surface area contributed by atoms with E-state index in [4.69, 9.17) is 0 Å². The van der Waals surface area contributed by atoms with Crippen LogP contribution in [0.15, 0.2) is 0 Å². The number of rotatable bonds is 1. The minimum atomic E-state index is -0.222. The zero-order valence-electron chi connectivity index (χ0n) is 8.70. The minimum absolute atomic E-state index is 0.0479. The van der Waals surface area contributed by atoms with E-state index in [0.717, 1.165) is 44.0 Å². The maximum atomic E-state index is 11.7. The molecule has 4 nitrogen and oxygen atoms in total. The summed E-state index contributed by atoms with van der Waals surface area (Å²) in [5, 5.41) is 10.2. The molecule has 0 bridgehead atoms. The van der Waals surface area contributed by atoms with Gasteiger partial charge in [0.15, 0.2) is 0 Å². The molecule has 1 spiro atoms. The lowest BCUT2D eigenvalue weighted by atomic mass is 9.77. The Morgan fingerprint density at radius 3 is 2.29 bits per heavy atom. The van der Waals surface area contributed by atoms with Crippen LogP contribution in [0, 0.1) is 5.41 Å². The summed E-state index contributed by atoms with van der Waals surface area (Å²) in [6.45, 7) is 5.72. The first kappa shape index (κ1) is 9.93. The van der Waals surface area contributed by atoms with Gasteiger partial charge in [-0.05, 0) is 38.9 Å². The van der Waals surface area contributed by atoms with Crippen molar-refractivity contribution >= 4 is 5.91 Å². The van der Waals surface area contributed by atoms with Crippen molar-refractivity contribution in [1.29, 1.82) is 0 Å². The lowest BCUT2D eigenvalue weighted by molar-refractivity contribution is -0.165. The smallest absolute Gasteiger partial charge is 0.252 e. The van der Waals surface area contributed by atoms with E-state index in [0.29, 0.717) is 6.54 Å². The number of carbonyl (C=O) groups is 1. The van der Waals surface area contributed by atoms with Crippen molar-refractivity contribution in [3.63, 3.8) is 0 Å². The highest BCUT2D eigenvalue weighted by Crippen LogP contribution is 2.40. The Balaban J connectivity index is 2.02. The summed E-state index contributed by atoms with van der Waals surface area (Å²) in [4.78, 5) is 14.1. The fraction of sp³-hybridized carbons (Fsp3) is 0.900. The maximum Gasteiger partial charge on any atom is 0.252 e. The van der Waals surface area contributed by atoms with E-state index in [1.165, 1.54) is 0 Å². The zero-order chi connectivity index (χ0) is 10.2. The van der Waals surface area contributed by atoms with Crippen LogP contribution < -0.4 is 0 Å². The fourth-order valence-corrected chi connectivity index (χ4v) is 2.56.